The van der Waals surface area contributed by atoms with Crippen LogP contribution in [0.5, 0.6) is 0 Å². The Morgan fingerprint density at radius 2 is 1.29 bits per heavy atom. The van der Waals surface area contributed by atoms with E-state index in [2.05, 4.69) is 17.7 Å². The Balaban J connectivity index is 1.44. The van der Waals surface area contributed by atoms with Gasteiger partial charge in [-0.2, -0.15) is 0 Å². The van der Waals surface area contributed by atoms with Gasteiger partial charge in [0.15, 0.2) is 0 Å². The Labute approximate surface area is 207 Å². The number of hydroxylamine groups is 1. The largest absolute Gasteiger partial charge is 0.367 e. The van der Waals surface area contributed by atoms with Crippen molar-refractivity contribution in [3.8, 4) is 0 Å². The molecule has 0 aliphatic carbocycles. The molecule has 0 saturated heterocycles. The number of nitrogens with one attached hydrogen (secondary N) is 2. The number of carbonyl (C=O) groups excluding carboxylic acids is 1. The molecule has 1 amide bonds. The third kappa shape index (κ3) is 11.6. The first-order chi connectivity index (χ1) is 16.7. The average Bonchev–Trinajstić information content (AvgIpc) is 2.86. The lowest BCUT2D eigenvalue weighted by Crippen LogP contribution is -2.32. The van der Waals surface area contributed by atoms with Crippen molar-refractivity contribution in [2.75, 3.05) is 6.54 Å². The lowest BCUT2D eigenvalue weighted by atomic mass is 10.0. The normalized spacial score (nSPS) is 13.3. The number of nitrogens with two attached hydrogens (primary N) is 1. The molecule has 0 spiro atoms. The van der Waals surface area contributed by atoms with Crippen LogP contribution in [0.25, 0.3) is 5.70 Å². The molecule has 1 heterocycles. The molecule has 4 N–H and O–H groups in total. The Morgan fingerprint density at radius 1 is 0.794 bits per heavy atom. The number of amides is 1. The molecule has 1 aliphatic rings. The van der Waals surface area contributed by atoms with Crippen LogP contribution in [0.1, 0.15) is 115 Å². The van der Waals surface area contributed by atoms with E-state index in [1.165, 1.54) is 89.9 Å². The summed E-state index contributed by atoms with van der Waals surface area (Å²) in [5.41, 5.74) is 10.7. The molecular formula is C29H47N3O2. The lowest BCUT2D eigenvalue weighted by molar-refractivity contribution is -0.117. The first-order valence-corrected chi connectivity index (χ1v) is 13.7. The predicted molar refractivity (Wildman–Crippen MR) is 142 cm³/mol. The molecule has 1 aromatic rings. The van der Waals surface area contributed by atoms with E-state index in [-0.39, 0.29) is 11.8 Å². The number of hydrogen-bond acceptors (Lipinski definition) is 4. The van der Waals surface area contributed by atoms with E-state index < -0.39 is 0 Å². The van der Waals surface area contributed by atoms with Gasteiger partial charge < -0.3 is 15.9 Å². The standard InChI is InChI=1S/C29H47N3O2/c1-2-3-4-5-6-7-8-9-10-11-12-13-14-15-16-20-23-31-29(33)26-24-27(32-34-28(26)30)25-21-18-17-19-22-25/h17-19,21-22,24,32H,2-16,20,23,30H2,1H3,(H,31,33). The van der Waals surface area contributed by atoms with Crippen LogP contribution in [0.4, 0.5) is 0 Å². The van der Waals surface area contributed by atoms with Crippen molar-refractivity contribution < 1.29 is 9.63 Å². The summed E-state index contributed by atoms with van der Waals surface area (Å²) in [4.78, 5) is 17.8. The first kappa shape index (κ1) is 27.8. The van der Waals surface area contributed by atoms with E-state index in [9.17, 15) is 4.79 Å². The summed E-state index contributed by atoms with van der Waals surface area (Å²) in [6, 6.07) is 9.74. The van der Waals surface area contributed by atoms with Crippen LogP contribution in [0, 0.1) is 0 Å². The predicted octanol–water partition coefficient (Wildman–Crippen LogP) is 7.11. The highest BCUT2D eigenvalue weighted by Gasteiger charge is 2.19. The number of benzene rings is 1. The highest BCUT2D eigenvalue weighted by Crippen LogP contribution is 2.19. The summed E-state index contributed by atoms with van der Waals surface area (Å²) in [5.74, 6) is -0.0856. The van der Waals surface area contributed by atoms with Crippen molar-refractivity contribution >= 4 is 11.6 Å². The first-order valence-electron chi connectivity index (χ1n) is 13.7. The Kier molecular flexibility index (Phi) is 14.7. The van der Waals surface area contributed by atoms with E-state index in [0.717, 1.165) is 24.1 Å². The summed E-state index contributed by atoms with van der Waals surface area (Å²) >= 11 is 0. The monoisotopic (exact) mass is 469 g/mol. The summed E-state index contributed by atoms with van der Waals surface area (Å²) < 4.78 is 0. The van der Waals surface area contributed by atoms with Crippen molar-refractivity contribution in [1.82, 2.24) is 10.8 Å². The zero-order valence-electron chi connectivity index (χ0n) is 21.4. The number of carbonyl (C=O) groups is 1. The Morgan fingerprint density at radius 3 is 1.82 bits per heavy atom. The maximum absolute atomic E-state index is 12.5. The molecule has 0 aromatic heterocycles. The van der Waals surface area contributed by atoms with Crippen molar-refractivity contribution in [1.29, 1.82) is 0 Å². The fraction of sp³-hybridized carbons (Fsp3) is 0.621. The van der Waals surface area contributed by atoms with Gasteiger partial charge in [-0.05, 0) is 12.5 Å². The van der Waals surface area contributed by atoms with Gasteiger partial charge in [0.25, 0.3) is 5.91 Å². The molecule has 0 atom stereocenters. The molecule has 1 aliphatic heterocycles. The van der Waals surface area contributed by atoms with Crippen LogP contribution in [0.3, 0.4) is 0 Å². The minimum atomic E-state index is -0.187. The van der Waals surface area contributed by atoms with Crippen LogP contribution in [-0.4, -0.2) is 12.5 Å². The summed E-state index contributed by atoms with van der Waals surface area (Å²) in [6.07, 6.45) is 23.2. The minimum absolute atomic E-state index is 0.101. The van der Waals surface area contributed by atoms with Crippen LogP contribution in [-0.2, 0) is 9.63 Å². The molecule has 0 radical (unpaired) electrons. The van der Waals surface area contributed by atoms with Crippen LogP contribution in [0.15, 0.2) is 47.9 Å². The Bertz CT molecular complexity index is 743. The molecule has 34 heavy (non-hydrogen) atoms. The van der Waals surface area contributed by atoms with Crippen molar-refractivity contribution in [3.05, 3.63) is 53.4 Å². The van der Waals surface area contributed by atoms with Gasteiger partial charge in [0.1, 0.15) is 5.57 Å². The van der Waals surface area contributed by atoms with Crippen molar-refractivity contribution in [3.63, 3.8) is 0 Å². The number of hydrogen-bond donors (Lipinski definition) is 3. The molecule has 5 nitrogen and oxygen atoms in total. The van der Waals surface area contributed by atoms with Gasteiger partial charge in [-0.3, -0.25) is 4.79 Å². The van der Waals surface area contributed by atoms with Crippen LogP contribution in [0.2, 0.25) is 0 Å². The third-order valence-electron chi connectivity index (χ3n) is 6.47. The second kappa shape index (κ2) is 18.0. The highest BCUT2D eigenvalue weighted by atomic mass is 16.7. The SMILES string of the molecule is CCCCCCCCCCCCCCCCCCNC(=O)C1=C(N)ONC(c2ccccc2)=C1. The average molecular weight is 470 g/mol. The molecule has 0 bridgehead atoms. The smallest absolute Gasteiger partial charge is 0.256 e. The second-order valence-electron chi connectivity index (χ2n) is 9.47. The van der Waals surface area contributed by atoms with Gasteiger partial charge in [0.2, 0.25) is 5.88 Å². The summed E-state index contributed by atoms with van der Waals surface area (Å²) in [6.45, 7) is 2.94. The lowest BCUT2D eigenvalue weighted by Gasteiger charge is -2.19. The van der Waals surface area contributed by atoms with Crippen molar-refractivity contribution in [2.45, 2.75) is 110 Å². The van der Waals surface area contributed by atoms with Crippen LogP contribution >= 0.6 is 0 Å². The Hall–Kier alpha value is -2.43. The zero-order chi connectivity index (χ0) is 24.3. The van der Waals surface area contributed by atoms with E-state index in [1.54, 1.807) is 6.08 Å². The fourth-order valence-electron chi connectivity index (χ4n) is 4.32. The minimum Gasteiger partial charge on any atom is -0.367 e. The maximum Gasteiger partial charge on any atom is 0.256 e. The fourth-order valence-corrected chi connectivity index (χ4v) is 4.32. The molecule has 1 aromatic carbocycles. The van der Waals surface area contributed by atoms with Gasteiger partial charge in [-0.15, -0.1) is 0 Å². The van der Waals surface area contributed by atoms with Gasteiger partial charge in [-0.25, -0.2) is 5.48 Å². The van der Waals surface area contributed by atoms with E-state index >= 15 is 0 Å². The number of rotatable bonds is 19. The molecule has 0 unspecified atom stereocenters. The second-order valence-corrected chi connectivity index (χ2v) is 9.47. The van der Waals surface area contributed by atoms with E-state index in [1.807, 2.05) is 30.3 Å². The van der Waals surface area contributed by atoms with Gasteiger partial charge in [0.05, 0.1) is 5.70 Å². The van der Waals surface area contributed by atoms with Gasteiger partial charge in [-0.1, -0.05) is 134 Å². The summed E-state index contributed by atoms with van der Waals surface area (Å²) in [7, 11) is 0. The third-order valence-corrected chi connectivity index (χ3v) is 6.47. The zero-order valence-corrected chi connectivity index (χ0v) is 21.4. The van der Waals surface area contributed by atoms with E-state index in [0.29, 0.717) is 12.1 Å². The van der Waals surface area contributed by atoms with Gasteiger partial charge in [0, 0.05) is 12.1 Å². The van der Waals surface area contributed by atoms with E-state index in [4.69, 9.17) is 10.6 Å². The summed E-state index contributed by atoms with van der Waals surface area (Å²) in [5, 5.41) is 2.98. The van der Waals surface area contributed by atoms with Gasteiger partial charge >= 0.3 is 0 Å². The maximum atomic E-state index is 12.5. The van der Waals surface area contributed by atoms with Crippen LogP contribution < -0.4 is 16.5 Å². The molecule has 190 valence electrons. The number of unbranched alkanes of at least 4 members (excludes halogenated alkanes) is 15. The quantitative estimate of drug-likeness (QED) is 0.189. The highest BCUT2D eigenvalue weighted by molar-refractivity contribution is 5.98. The van der Waals surface area contributed by atoms with Crippen molar-refractivity contribution in [2.24, 2.45) is 5.73 Å². The molecule has 5 heteroatoms. The molecule has 0 saturated carbocycles. The molecule has 0 fully saturated rings. The topological polar surface area (TPSA) is 76.4 Å². The molecular weight excluding hydrogens is 422 g/mol. The molecule has 2 rings (SSSR count).